The smallest absolute Gasteiger partial charge is 0.170 e. The van der Waals surface area contributed by atoms with E-state index in [1.807, 2.05) is 6.07 Å². The van der Waals surface area contributed by atoms with Crippen LogP contribution in [0.15, 0.2) is 96.4 Å². The molecular formula is C31H22O2S. The van der Waals surface area contributed by atoms with Gasteiger partial charge in [-0.15, -0.1) is 11.3 Å². The van der Waals surface area contributed by atoms with Gasteiger partial charge in [0.2, 0.25) is 0 Å². The molecule has 2 heterocycles. The van der Waals surface area contributed by atoms with Crippen LogP contribution in [0.3, 0.4) is 0 Å². The van der Waals surface area contributed by atoms with Crippen LogP contribution in [0.4, 0.5) is 0 Å². The molecule has 7 rings (SSSR count). The van der Waals surface area contributed by atoms with E-state index in [1.54, 1.807) is 11.3 Å². The van der Waals surface area contributed by atoms with Crippen LogP contribution in [0.2, 0.25) is 0 Å². The Labute approximate surface area is 203 Å². The zero-order chi connectivity index (χ0) is 22.9. The van der Waals surface area contributed by atoms with Crippen molar-refractivity contribution in [1.29, 1.82) is 0 Å². The summed E-state index contributed by atoms with van der Waals surface area (Å²) < 4.78 is 12.7. The summed E-state index contributed by atoms with van der Waals surface area (Å²) in [5.74, 6) is 3.04. The van der Waals surface area contributed by atoms with Crippen LogP contribution in [-0.2, 0) is 5.41 Å². The van der Waals surface area contributed by atoms with Crippen LogP contribution in [-0.4, -0.2) is 0 Å². The van der Waals surface area contributed by atoms with E-state index in [0.717, 1.165) is 34.1 Å². The predicted octanol–water partition coefficient (Wildman–Crippen LogP) is 9.29. The summed E-state index contributed by atoms with van der Waals surface area (Å²) >= 11 is 1.76. The van der Waals surface area contributed by atoms with Gasteiger partial charge in [-0.2, -0.15) is 0 Å². The zero-order valence-corrected chi connectivity index (χ0v) is 19.8. The first kappa shape index (κ1) is 19.6. The molecule has 0 fully saturated rings. The first-order chi connectivity index (χ1) is 16.6. The van der Waals surface area contributed by atoms with Gasteiger partial charge in [-0.1, -0.05) is 74.5 Å². The van der Waals surface area contributed by atoms with Gasteiger partial charge in [0.05, 0.1) is 0 Å². The Morgan fingerprint density at radius 1 is 0.559 bits per heavy atom. The molecule has 0 N–H and O–H groups in total. The highest BCUT2D eigenvalue weighted by Crippen LogP contribution is 2.55. The van der Waals surface area contributed by atoms with E-state index in [4.69, 9.17) is 9.47 Å². The second-order valence-corrected chi connectivity index (χ2v) is 10.4. The lowest BCUT2D eigenvalue weighted by Gasteiger charge is -2.25. The van der Waals surface area contributed by atoms with E-state index in [0.29, 0.717) is 0 Å². The van der Waals surface area contributed by atoms with Gasteiger partial charge in [0.1, 0.15) is 0 Å². The molecule has 0 atom stereocenters. The summed E-state index contributed by atoms with van der Waals surface area (Å²) in [4.78, 5) is 1.28. The molecular weight excluding hydrogens is 436 g/mol. The lowest BCUT2D eigenvalue weighted by molar-refractivity contribution is 0.359. The molecule has 2 aliphatic rings. The number of rotatable bonds is 2. The molecule has 0 spiro atoms. The largest absolute Gasteiger partial charge is 0.450 e. The quantitative estimate of drug-likeness (QED) is 0.257. The number of ether oxygens (including phenoxy) is 2. The topological polar surface area (TPSA) is 18.5 Å². The number of hydrogen-bond donors (Lipinski definition) is 0. The van der Waals surface area contributed by atoms with Crippen molar-refractivity contribution in [3.8, 4) is 55.7 Å². The number of thiophene rings is 1. The average molecular weight is 459 g/mol. The minimum absolute atomic E-state index is 0.0657. The Kier molecular flexibility index (Phi) is 4.09. The van der Waals surface area contributed by atoms with Gasteiger partial charge in [-0.05, 0) is 74.7 Å². The van der Waals surface area contributed by atoms with Crippen molar-refractivity contribution in [3.05, 3.63) is 108 Å². The summed E-state index contributed by atoms with van der Waals surface area (Å²) in [6.45, 7) is 4.55. The third kappa shape index (κ3) is 2.87. The molecule has 0 saturated heterocycles. The van der Waals surface area contributed by atoms with E-state index >= 15 is 0 Å². The lowest BCUT2D eigenvalue weighted by Crippen LogP contribution is -2.15. The molecule has 34 heavy (non-hydrogen) atoms. The third-order valence-corrected chi connectivity index (χ3v) is 7.97. The first-order valence-corrected chi connectivity index (χ1v) is 12.4. The van der Waals surface area contributed by atoms with Gasteiger partial charge >= 0.3 is 0 Å². The maximum atomic E-state index is 6.41. The van der Waals surface area contributed by atoms with Crippen molar-refractivity contribution in [2.75, 3.05) is 0 Å². The molecule has 4 aromatic carbocycles. The fraction of sp³-hybridized carbons (Fsp3) is 0.0968. The van der Waals surface area contributed by atoms with Gasteiger partial charge in [0, 0.05) is 10.3 Å². The molecule has 0 radical (unpaired) electrons. The van der Waals surface area contributed by atoms with E-state index in [1.165, 1.54) is 32.7 Å². The van der Waals surface area contributed by atoms with E-state index in [2.05, 4.69) is 104 Å². The zero-order valence-electron chi connectivity index (χ0n) is 19.0. The summed E-state index contributed by atoms with van der Waals surface area (Å²) in [6, 6.07) is 32.0. The maximum Gasteiger partial charge on any atom is 0.170 e. The van der Waals surface area contributed by atoms with Gasteiger partial charge in [0.25, 0.3) is 0 Å². The van der Waals surface area contributed by atoms with Crippen LogP contribution < -0.4 is 9.47 Å². The molecule has 0 bridgehead atoms. The molecule has 5 aromatic rings. The molecule has 164 valence electrons. The normalized spacial score (nSPS) is 14.3. The third-order valence-electron chi connectivity index (χ3n) is 7.06. The summed E-state index contributed by atoms with van der Waals surface area (Å²) in [7, 11) is 0. The highest BCUT2D eigenvalue weighted by molar-refractivity contribution is 7.13. The van der Waals surface area contributed by atoms with Crippen molar-refractivity contribution in [2.45, 2.75) is 19.3 Å². The van der Waals surface area contributed by atoms with Crippen molar-refractivity contribution < 1.29 is 9.47 Å². The summed E-state index contributed by atoms with van der Waals surface area (Å²) in [6.07, 6.45) is 0. The molecule has 1 aromatic heterocycles. The second kappa shape index (κ2) is 7.09. The van der Waals surface area contributed by atoms with Crippen LogP contribution in [0.25, 0.3) is 32.7 Å². The van der Waals surface area contributed by atoms with E-state index < -0.39 is 0 Å². The van der Waals surface area contributed by atoms with Crippen molar-refractivity contribution >= 4 is 11.3 Å². The second-order valence-electron chi connectivity index (χ2n) is 9.44. The lowest BCUT2D eigenvalue weighted by atomic mass is 9.82. The maximum absolute atomic E-state index is 6.41. The van der Waals surface area contributed by atoms with Crippen LogP contribution in [0.1, 0.15) is 25.0 Å². The molecule has 0 unspecified atom stereocenters. The predicted molar refractivity (Wildman–Crippen MR) is 139 cm³/mol. The van der Waals surface area contributed by atoms with Gasteiger partial charge in [-0.3, -0.25) is 0 Å². The average Bonchev–Trinajstić information content (AvgIpc) is 3.48. The fourth-order valence-electron chi connectivity index (χ4n) is 5.23. The highest BCUT2D eigenvalue weighted by atomic mass is 32.1. The fourth-order valence-corrected chi connectivity index (χ4v) is 5.96. The van der Waals surface area contributed by atoms with Crippen LogP contribution in [0.5, 0.6) is 23.0 Å². The molecule has 0 saturated carbocycles. The Balaban J connectivity index is 1.25. The molecule has 0 amide bonds. The SMILES string of the molecule is CC1(C)c2ccccc2-c2cc3c(cc21)Oc1ccc(-c2ccc(-c4cccs4)cc2)cc1O3. The Hall–Kier alpha value is -3.82. The summed E-state index contributed by atoms with van der Waals surface area (Å²) in [5.41, 5.74) is 8.57. The van der Waals surface area contributed by atoms with Crippen molar-refractivity contribution in [2.24, 2.45) is 0 Å². The number of benzene rings is 4. The Morgan fingerprint density at radius 3 is 2.09 bits per heavy atom. The highest BCUT2D eigenvalue weighted by Gasteiger charge is 2.37. The Morgan fingerprint density at radius 2 is 1.26 bits per heavy atom. The van der Waals surface area contributed by atoms with Crippen LogP contribution in [0, 0.1) is 0 Å². The van der Waals surface area contributed by atoms with Gasteiger partial charge in [-0.25, -0.2) is 0 Å². The molecule has 2 nitrogen and oxygen atoms in total. The van der Waals surface area contributed by atoms with E-state index in [9.17, 15) is 0 Å². The monoisotopic (exact) mass is 458 g/mol. The standard InChI is InChI=1S/C31H22O2S/c1-31(2)24-7-4-3-6-22(24)23-17-28-29(18-25(23)31)32-26-14-13-21(16-27(26)33-28)19-9-11-20(12-10-19)30-8-5-15-34-30/h3-18H,1-2H3. The van der Waals surface area contributed by atoms with Gasteiger partial charge < -0.3 is 9.47 Å². The Bertz CT molecular complexity index is 1560. The van der Waals surface area contributed by atoms with Crippen LogP contribution >= 0.6 is 11.3 Å². The molecule has 3 heteroatoms. The minimum Gasteiger partial charge on any atom is -0.450 e. The van der Waals surface area contributed by atoms with Crippen molar-refractivity contribution in [1.82, 2.24) is 0 Å². The first-order valence-electron chi connectivity index (χ1n) is 11.5. The number of fused-ring (bicyclic) bond motifs is 5. The summed E-state index contributed by atoms with van der Waals surface area (Å²) in [5, 5.41) is 2.11. The van der Waals surface area contributed by atoms with Crippen molar-refractivity contribution in [3.63, 3.8) is 0 Å². The van der Waals surface area contributed by atoms with Gasteiger partial charge in [0.15, 0.2) is 23.0 Å². The molecule has 1 aliphatic carbocycles. The minimum atomic E-state index is -0.0657. The molecule has 1 aliphatic heterocycles. The number of hydrogen-bond acceptors (Lipinski definition) is 3. The van der Waals surface area contributed by atoms with E-state index in [-0.39, 0.29) is 5.41 Å².